The van der Waals surface area contributed by atoms with Gasteiger partial charge in [-0.25, -0.2) is 4.98 Å². The number of aromatic nitrogens is 3. The Bertz CT molecular complexity index is 693. The zero-order chi connectivity index (χ0) is 14.5. The highest BCUT2D eigenvalue weighted by molar-refractivity contribution is 7.98. The highest BCUT2D eigenvalue weighted by Gasteiger charge is 2.08. The first-order valence-corrected chi connectivity index (χ1v) is 7.92. The molecule has 1 aromatic carbocycles. The molecule has 0 aliphatic rings. The summed E-state index contributed by atoms with van der Waals surface area (Å²) in [5.74, 6) is 0.832. The fourth-order valence-electron chi connectivity index (χ4n) is 2.12. The normalized spacial score (nSPS) is 10.7. The summed E-state index contributed by atoms with van der Waals surface area (Å²) < 4.78 is 0. The molecular formula is C17H17N3S. The zero-order valence-electron chi connectivity index (χ0n) is 11.9. The third kappa shape index (κ3) is 3.73. The molecule has 3 nitrogen and oxygen atoms in total. The molecule has 1 N–H and O–H groups in total. The van der Waals surface area contributed by atoms with Gasteiger partial charge in [0, 0.05) is 24.1 Å². The average Bonchev–Trinajstić information content (AvgIpc) is 2.87. The van der Waals surface area contributed by atoms with Crippen molar-refractivity contribution in [2.45, 2.75) is 24.3 Å². The highest BCUT2D eigenvalue weighted by atomic mass is 32.2. The van der Waals surface area contributed by atoms with E-state index in [4.69, 9.17) is 4.98 Å². The zero-order valence-corrected chi connectivity index (χ0v) is 12.7. The number of thioether (sulfide) groups is 1. The van der Waals surface area contributed by atoms with Crippen LogP contribution in [0.1, 0.15) is 22.6 Å². The van der Waals surface area contributed by atoms with Gasteiger partial charge in [-0.05, 0) is 24.6 Å². The van der Waals surface area contributed by atoms with Gasteiger partial charge >= 0.3 is 0 Å². The third-order valence-electron chi connectivity index (χ3n) is 3.26. The molecule has 0 aliphatic heterocycles. The monoisotopic (exact) mass is 295 g/mol. The van der Waals surface area contributed by atoms with Gasteiger partial charge in [-0.3, -0.25) is 4.98 Å². The predicted molar refractivity (Wildman–Crippen MR) is 86.4 cm³/mol. The van der Waals surface area contributed by atoms with Gasteiger partial charge in [-0.15, -0.1) is 0 Å². The van der Waals surface area contributed by atoms with Gasteiger partial charge in [0.1, 0.15) is 0 Å². The molecule has 0 radical (unpaired) electrons. The van der Waals surface area contributed by atoms with E-state index in [0.29, 0.717) is 0 Å². The molecule has 2 heterocycles. The quantitative estimate of drug-likeness (QED) is 0.723. The number of benzene rings is 1. The number of aryl methyl sites for hydroxylation is 1. The summed E-state index contributed by atoms with van der Waals surface area (Å²) in [7, 11) is 0. The van der Waals surface area contributed by atoms with Crippen LogP contribution in [-0.2, 0) is 12.2 Å². The van der Waals surface area contributed by atoms with E-state index in [1.54, 1.807) is 11.8 Å². The van der Waals surface area contributed by atoms with E-state index in [0.717, 1.165) is 34.4 Å². The molecule has 0 spiro atoms. The van der Waals surface area contributed by atoms with Crippen LogP contribution < -0.4 is 0 Å². The smallest absolute Gasteiger partial charge is 0.166 e. The Kier molecular flexibility index (Phi) is 4.36. The Morgan fingerprint density at radius 2 is 1.86 bits per heavy atom. The van der Waals surface area contributed by atoms with Crippen LogP contribution in [0.3, 0.4) is 0 Å². The lowest BCUT2D eigenvalue weighted by atomic mass is 10.1. The van der Waals surface area contributed by atoms with Gasteiger partial charge in [0.25, 0.3) is 0 Å². The SMILES string of the molecule is Cc1[nH]c(SCc2ccccn2)nc1Cc1ccccc1. The van der Waals surface area contributed by atoms with Gasteiger partial charge in [0.05, 0.1) is 11.4 Å². The van der Waals surface area contributed by atoms with Crippen molar-refractivity contribution in [1.29, 1.82) is 0 Å². The molecule has 0 unspecified atom stereocenters. The Balaban J connectivity index is 1.67. The maximum Gasteiger partial charge on any atom is 0.166 e. The second-order valence-corrected chi connectivity index (χ2v) is 5.85. The van der Waals surface area contributed by atoms with E-state index in [9.17, 15) is 0 Å². The van der Waals surface area contributed by atoms with E-state index < -0.39 is 0 Å². The van der Waals surface area contributed by atoms with Crippen molar-refractivity contribution in [2.75, 3.05) is 0 Å². The molecule has 0 aliphatic carbocycles. The van der Waals surface area contributed by atoms with Crippen molar-refractivity contribution >= 4 is 11.8 Å². The van der Waals surface area contributed by atoms with Crippen LogP contribution in [0.2, 0.25) is 0 Å². The summed E-state index contributed by atoms with van der Waals surface area (Å²) in [5.41, 5.74) is 4.61. The summed E-state index contributed by atoms with van der Waals surface area (Å²) in [6, 6.07) is 16.4. The van der Waals surface area contributed by atoms with Crippen molar-refractivity contribution in [3.8, 4) is 0 Å². The summed E-state index contributed by atoms with van der Waals surface area (Å²) in [5, 5.41) is 0.962. The van der Waals surface area contributed by atoms with Gasteiger partial charge in [0.2, 0.25) is 0 Å². The number of H-pyrrole nitrogens is 1. The molecule has 21 heavy (non-hydrogen) atoms. The second kappa shape index (κ2) is 6.59. The number of pyridine rings is 1. The van der Waals surface area contributed by atoms with Crippen molar-refractivity contribution < 1.29 is 0 Å². The molecule has 0 bridgehead atoms. The molecule has 4 heteroatoms. The van der Waals surface area contributed by atoms with E-state index in [2.05, 4.69) is 41.2 Å². The van der Waals surface area contributed by atoms with Crippen LogP contribution in [0.25, 0.3) is 0 Å². The first-order chi connectivity index (χ1) is 10.3. The number of hydrogen-bond donors (Lipinski definition) is 1. The van der Waals surface area contributed by atoms with Crippen molar-refractivity contribution in [3.63, 3.8) is 0 Å². The third-order valence-corrected chi connectivity index (χ3v) is 4.17. The molecule has 3 rings (SSSR count). The first kappa shape index (κ1) is 13.9. The molecule has 2 aromatic heterocycles. The molecule has 3 aromatic rings. The highest BCUT2D eigenvalue weighted by Crippen LogP contribution is 2.21. The van der Waals surface area contributed by atoms with Gasteiger partial charge in [-0.1, -0.05) is 48.2 Å². The number of aromatic amines is 1. The lowest BCUT2D eigenvalue weighted by Crippen LogP contribution is -1.90. The number of imidazole rings is 1. The lowest BCUT2D eigenvalue weighted by Gasteiger charge is -1.98. The Morgan fingerprint density at radius 3 is 2.62 bits per heavy atom. The van der Waals surface area contributed by atoms with Crippen molar-refractivity contribution in [1.82, 2.24) is 15.0 Å². The minimum atomic E-state index is 0.832. The Hall–Kier alpha value is -2.07. The van der Waals surface area contributed by atoms with Crippen molar-refractivity contribution in [3.05, 3.63) is 77.4 Å². The molecule has 0 saturated heterocycles. The van der Waals surface area contributed by atoms with Gasteiger partial charge in [-0.2, -0.15) is 0 Å². The first-order valence-electron chi connectivity index (χ1n) is 6.93. The minimum Gasteiger partial charge on any atom is -0.337 e. The molecule has 0 fully saturated rings. The van der Waals surface area contributed by atoms with Crippen LogP contribution in [0.4, 0.5) is 0 Å². The second-order valence-electron chi connectivity index (χ2n) is 4.89. The number of hydrogen-bond acceptors (Lipinski definition) is 3. The minimum absolute atomic E-state index is 0.832. The van der Waals surface area contributed by atoms with Crippen LogP contribution in [0.15, 0.2) is 59.9 Å². The van der Waals surface area contributed by atoms with Crippen LogP contribution >= 0.6 is 11.8 Å². The summed E-state index contributed by atoms with van der Waals surface area (Å²) >= 11 is 1.69. The fourth-order valence-corrected chi connectivity index (χ4v) is 2.98. The lowest BCUT2D eigenvalue weighted by molar-refractivity contribution is 1.01. The van der Waals surface area contributed by atoms with Gasteiger partial charge in [0.15, 0.2) is 5.16 Å². The molecule has 0 amide bonds. The van der Waals surface area contributed by atoms with Crippen LogP contribution in [0, 0.1) is 6.92 Å². The van der Waals surface area contributed by atoms with Gasteiger partial charge < -0.3 is 4.98 Å². The van der Waals surface area contributed by atoms with Crippen LogP contribution in [0.5, 0.6) is 0 Å². The number of nitrogens with one attached hydrogen (secondary N) is 1. The van der Waals surface area contributed by atoms with Crippen LogP contribution in [-0.4, -0.2) is 15.0 Å². The maximum atomic E-state index is 4.70. The van der Waals surface area contributed by atoms with E-state index in [1.807, 2.05) is 30.5 Å². The van der Waals surface area contributed by atoms with E-state index in [-0.39, 0.29) is 0 Å². The Labute approximate surface area is 128 Å². The van der Waals surface area contributed by atoms with E-state index >= 15 is 0 Å². The largest absolute Gasteiger partial charge is 0.337 e. The maximum absolute atomic E-state index is 4.70. The summed E-state index contributed by atoms with van der Waals surface area (Å²) in [4.78, 5) is 12.4. The average molecular weight is 295 g/mol. The fraction of sp³-hybridized carbons (Fsp3) is 0.176. The summed E-state index contributed by atoms with van der Waals surface area (Å²) in [6.45, 7) is 2.08. The molecule has 0 saturated carbocycles. The number of nitrogens with zero attached hydrogens (tertiary/aromatic N) is 2. The predicted octanol–water partition coefficient (Wildman–Crippen LogP) is 4.00. The molecular weight excluding hydrogens is 278 g/mol. The number of rotatable bonds is 5. The Morgan fingerprint density at radius 1 is 1.05 bits per heavy atom. The van der Waals surface area contributed by atoms with Crippen molar-refractivity contribution in [2.24, 2.45) is 0 Å². The standard InChI is InChI=1S/C17H17N3S/c1-13-16(11-14-7-3-2-4-8-14)20-17(19-13)21-12-15-9-5-6-10-18-15/h2-10H,11-12H2,1H3,(H,19,20). The molecule has 106 valence electrons. The van der Waals surface area contributed by atoms with E-state index in [1.165, 1.54) is 5.56 Å². The molecule has 0 atom stereocenters. The summed E-state index contributed by atoms with van der Waals surface area (Å²) in [6.07, 6.45) is 2.69. The topological polar surface area (TPSA) is 41.6 Å².